The first-order chi connectivity index (χ1) is 6.27. The van der Waals surface area contributed by atoms with E-state index >= 15 is 0 Å². The Morgan fingerprint density at radius 1 is 1.08 bits per heavy atom. The summed E-state index contributed by atoms with van der Waals surface area (Å²) in [5, 5.41) is 3.48. The highest BCUT2D eigenvalue weighted by atomic mass is 32.2. The van der Waals surface area contributed by atoms with Gasteiger partial charge in [0, 0.05) is 0 Å². The van der Waals surface area contributed by atoms with Crippen molar-refractivity contribution in [1.82, 2.24) is 5.32 Å². The lowest BCUT2D eigenvalue weighted by Crippen LogP contribution is -2.17. The molecule has 0 spiro atoms. The van der Waals surface area contributed by atoms with E-state index in [-0.39, 0.29) is 0 Å². The van der Waals surface area contributed by atoms with Crippen LogP contribution in [0.5, 0.6) is 0 Å². The highest BCUT2D eigenvalue weighted by Gasteiger charge is 1.93. The maximum atomic E-state index is 3.48. The van der Waals surface area contributed by atoms with Crippen molar-refractivity contribution >= 4 is 11.8 Å². The van der Waals surface area contributed by atoms with Gasteiger partial charge in [-0.2, -0.15) is 11.8 Å². The SMILES string of the molecule is CSCCCNCCCCC(C)C. The zero-order valence-electron chi connectivity index (χ0n) is 9.44. The quantitative estimate of drug-likeness (QED) is 0.578. The Morgan fingerprint density at radius 3 is 2.38 bits per heavy atom. The molecule has 0 unspecified atom stereocenters. The molecule has 0 rings (SSSR count). The summed E-state index contributed by atoms with van der Waals surface area (Å²) in [4.78, 5) is 0. The lowest BCUT2D eigenvalue weighted by molar-refractivity contribution is 0.521. The van der Waals surface area contributed by atoms with Crippen molar-refractivity contribution in [3.8, 4) is 0 Å². The molecule has 0 aliphatic rings. The molecule has 0 fully saturated rings. The Balaban J connectivity index is 2.84. The zero-order chi connectivity index (χ0) is 9.94. The van der Waals surface area contributed by atoms with Crippen molar-refractivity contribution in [2.75, 3.05) is 25.1 Å². The molecule has 0 radical (unpaired) electrons. The van der Waals surface area contributed by atoms with Gasteiger partial charge in [0.2, 0.25) is 0 Å². The lowest BCUT2D eigenvalue weighted by Gasteiger charge is -2.05. The number of hydrogen-bond donors (Lipinski definition) is 1. The van der Waals surface area contributed by atoms with Crippen LogP contribution in [0.25, 0.3) is 0 Å². The summed E-state index contributed by atoms with van der Waals surface area (Å²) in [5.74, 6) is 2.16. The second-order valence-corrected chi connectivity index (χ2v) is 4.97. The molecule has 0 amide bonds. The van der Waals surface area contributed by atoms with E-state index in [1.807, 2.05) is 11.8 Å². The van der Waals surface area contributed by atoms with Crippen LogP contribution in [0.15, 0.2) is 0 Å². The smallest absolute Gasteiger partial charge is 0.00411 e. The fourth-order valence-electron chi connectivity index (χ4n) is 1.27. The summed E-state index contributed by atoms with van der Waals surface area (Å²) in [7, 11) is 0. The number of nitrogens with one attached hydrogen (secondary N) is 1. The average molecular weight is 203 g/mol. The number of unbranched alkanes of at least 4 members (excludes halogenated alkanes) is 1. The minimum atomic E-state index is 0.872. The van der Waals surface area contributed by atoms with Crippen molar-refractivity contribution in [2.45, 2.75) is 39.5 Å². The van der Waals surface area contributed by atoms with Crippen molar-refractivity contribution < 1.29 is 0 Å². The van der Waals surface area contributed by atoms with Crippen molar-refractivity contribution in [1.29, 1.82) is 0 Å². The van der Waals surface area contributed by atoms with Crippen LogP contribution in [0.4, 0.5) is 0 Å². The first-order valence-corrected chi connectivity index (χ1v) is 6.86. The van der Waals surface area contributed by atoms with Crippen LogP contribution in [0.2, 0.25) is 0 Å². The molecular weight excluding hydrogens is 178 g/mol. The van der Waals surface area contributed by atoms with Crippen molar-refractivity contribution in [2.24, 2.45) is 5.92 Å². The second-order valence-electron chi connectivity index (χ2n) is 3.99. The van der Waals surface area contributed by atoms with Crippen molar-refractivity contribution in [3.63, 3.8) is 0 Å². The standard InChI is InChI=1S/C11H25NS/c1-11(2)7-4-5-8-12-9-6-10-13-3/h11-12H,4-10H2,1-3H3. The van der Waals surface area contributed by atoms with Crippen LogP contribution < -0.4 is 5.32 Å². The third-order valence-corrected chi connectivity index (χ3v) is 2.78. The Morgan fingerprint density at radius 2 is 1.77 bits per heavy atom. The first kappa shape index (κ1) is 13.3. The van der Waals surface area contributed by atoms with Gasteiger partial charge in [-0.05, 0) is 43.9 Å². The second kappa shape index (κ2) is 10.4. The third kappa shape index (κ3) is 12.3. The Kier molecular flexibility index (Phi) is 10.6. The van der Waals surface area contributed by atoms with Gasteiger partial charge in [-0.15, -0.1) is 0 Å². The molecule has 13 heavy (non-hydrogen) atoms. The number of rotatable bonds is 9. The van der Waals surface area contributed by atoms with E-state index in [1.54, 1.807) is 0 Å². The average Bonchev–Trinajstić information content (AvgIpc) is 2.09. The minimum Gasteiger partial charge on any atom is -0.317 e. The van der Waals surface area contributed by atoms with Gasteiger partial charge in [0.05, 0.1) is 0 Å². The molecule has 2 heteroatoms. The molecule has 80 valence electrons. The molecule has 0 saturated heterocycles. The molecule has 0 saturated carbocycles. The van der Waals surface area contributed by atoms with E-state index in [4.69, 9.17) is 0 Å². The van der Waals surface area contributed by atoms with Crippen LogP contribution in [-0.2, 0) is 0 Å². The van der Waals surface area contributed by atoms with Crippen LogP contribution >= 0.6 is 11.8 Å². The fourth-order valence-corrected chi connectivity index (χ4v) is 1.70. The predicted octanol–water partition coefficient (Wildman–Crippen LogP) is 3.16. The zero-order valence-corrected chi connectivity index (χ0v) is 10.3. The van der Waals surface area contributed by atoms with Gasteiger partial charge in [0.15, 0.2) is 0 Å². The van der Waals surface area contributed by atoms with Crippen LogP contribution in [0, 0.1) is 5.92 Å². The molecule has 0 aromatic heterocycles. The van der Waals surface area contributed by atoms with Gasteiger partial charge in [-0.1, -0.05) is 26.7 Å². The molecule has 1 nitrogen and oxygen atoms in total. The van der Waals surface area contributed by atoms with Gasteiger partial charge >= 0.3 is 0 Å². The van der Waals surface area contributed by atoms with E-state index in [9.17, 15) is 0 Å². The minimum absolute atomic E-state index is 0.872. The molecule has 0 aliphatic heterocycles. The maximum absolute atomic E-state index is 3.48. The fraction of sp³-hybridized carbons (Fsp3) is 1.00. The van der Waals surface area contributed by atoms with E-state index in [1.165, 1.54) is 44.5 Å². The molecular formula is C11H25NS. The summed E-state index contributed by atoms with van der Waals surface area (Å²) in [6.45, 7) is 7.00. The lowest BCUT2D eigenvalue weighted by atomic mass is 10.1. The largest absolute Gasteiger partial charge is 0.317 e. The van der Waals surface area contributed by atoms with E-state index in [0.29, 0.717) is 0 Å². The van der Waals surface area contributed by atoms with Crippen LogP contribution in [0.1, 0.15) is 39.5 Å². The molecule has 0 atom stereocenters. The van der Waals surface area contributed by atoms with Crippen LogP contribution in [0.3, 0.4) is 0 Å². The normalized spacial score (nSPS) is 11.1. The summed E-state index contributed by atoms with van der Waals surface area (Å²) in [6.07, 6.45) is 7.59. The number of hydrogen-bond acceptors (Lipinski definition) is 2. The van der Waals surface area contributed by atoms with E-state index in [0.717, 1.165) is 5.92 Å². The van der Waals surface area contributed by atoms with Gasteiger partial charge in [-0.3, -0.25) is 0 Å². The summed E-state index contributed by atoms with van der Waals surface area (Å²) in [5.41, 5.74) is 0. The predicted molar refractivity (Wildman–Crippen MR) is 64.6 cm³/mol. The van der Waals surface area contributed by atoms with Gasteiger partial charge < -0.3 is 5.32 Å². The molecule has 1 N–H and O–H groups in total. The van der Waals surface area contributed by atoms with E-state index < -0.39 is 0 Å². The summed E-state index contributed by atoms with van der Waals surface area (Å²) >= 11 is 1.93. The third-order valence-electron chi connectivity index (χ3n) is 2.09. The summed E-state index contributed by atoms with van der Waals surface area (Å²) < 4.78 is 0. The Labute approximate surface area is 88.1 Å². The molecule has 0 bridgehead atoms. The number of thioether (sulfide) groups is 1. The summed E-state index contributed by atoms with van der Waals surface area (Å²) in [6, 6.07) is 0. The Hall–Kier alpha value is 0.310. The highest BCUT2D eigenvalue weighted by Crippen LogP contribution is 2.04. The van der Waals surface area contributed by atoms with Gasteiger partial charge in [0.1, 0.15) is 0 Å². The molecule has 0 aliphatic carbocycles. The Bertz CT molecular complexity index is 94.1. The van der Waals surface area contributed by atoms with Gasteiger partial charge in [0.25, 0.3) is 0 Å². The van der Waals surface area contributed by atoms with Crippen molar-refractivity contribution in [3.05, 3.63) is 0 Å². The van der Waals surface area contributed by atoms with E-state index in [2.05, 4.69) is 25.4 Å². The highest BCUT2D eigenvalue weighted by molar-refractivity contribution is 7.98. The van der Waals surface area contributed by atoms with Gasteiger partial charge in [-0.25, -0.2) is 0 Å². The molecule has 0 aromatic carbocycles. The molecule has 0 heterocycles. The topological polar surface area (TPSA) is 12.0 Å². The maximum Gasteiger partial charge on any atom is -0.00411 e. The monoisotopic (exact) mass is 203 g/mol. The molecule has 0 aromatic rings. The first-order valence-electron chi connectivity index (χ1n) is 5.47. The van der Waals surface area contributed by atoms with Crippen LogP contribution in [-0.4, -0.2) is 25.1 Å².